The van der Waals surface area contributed by atoms with E-state index in [0.29, 0.717) is 0 Å². The maximum absolute atomic E-state index is 4.46. The zero-order valence-corrected chi connectivity index (χ0v) is 12.3. The second-order valence-electron chi connectivity index (χ2n) is 4.24. The quantitative estimate of drug-likeness (QED) is 0.919. The number of nitrogens with zero attached hydrogens (tertiary/aromatic N) is 2. The van der Waals surface area contributed by atoms with Gasteiger partial charge in [-0.25, -0.2) is 4.98 Å². The minimum absolute atomic E-state index is 0.251. The number of imidazole rings is 1. The summed E-state index contributed by atoms with van der Waals surface area (Å²) in [5.41, 5.74) is 1.31. The van der Waals surface area contributed by atoms with Crippen LogP contribution in [-0.4, -0.2) is 16.6 Å². The van der Waals surface area contributed by atoms with Crippen LogP contribution in [0.25, 0.3) is 0 Å². The molecule has 1 atom stereocenters. The summed E-state index contributed by atoms with van der Waals surface area (Å²) in [6, 6.07) is 8.70. The summed E-state index contributed by atoms with van der Waals surface area (Å²) in [4.78, 5) is 4.46. The number of halogens is 1. The lowest BCUT2D eigenvalue weighted by Crippen LogP contribution is -2.22. The van der Waals surface area contributed by atoms with Crippen molar-refractivity contribution in [3.05, 3.63) is 52.5 Å². The van der Waals surface area contributed by atoms with Gasteiger partial charge in [-0.3, -0.25) is 0 Å². The molecule has 1 N–H and O–H groups in total. The molecular formula is C14H18BrN3. The van der Waals surface area contributed by atoms with Gasteiger partial charge in [-0.1, -0.05) is 28.1 Å². The Hall–Kier alpha value is -1.13. The number of nitrogens with one attached hydrogen (secondary N) is 1. The number of benzene rings is 1. The van der Waals surface area contributed by atoms with E-state index in [9.17, 15) is 0 Å². The van der Waals surface area contributed by atoms with Crippen molar-refractivity contribution in [2.75, 3.05) is 7.05 Å². The molecule has 0 saturated heterocycles. The second-order valence-corrected chi connectivity index (χ2v) is 5.16. The maximum atomic E-state index is 4.46. The van der Waals surface area contributed by atoms with Crippen LogP contribution < -0.4 is 5.32 Å². The predicted molar refractivity (Wildman–Crippen MR) is 77.5 cm³/mol. The van der Waals surface area contributed by atoms with E-state index in [0.717, 1.165) is 23.3 Å². The van der Waals surface area contributed by atoms with E-state index < -0.39 is 0 Å². The minimum Gasteiger partial charge on any atom is -0.334 e. The molecule has 3 nitrogen and oxygen atoms in total. The van der Waals surface area contributed by atoms with Gasteiger partial charge in [0.25, 0.3) is 0 Å². The van der Waals surface area contributed by atoms with Gasteiger partial charge < -0.3 is 9.88 Å². The number of rotatable bonds is 5. The molecule has 2 aromatic rings. The molecule has 4 heteroatoms. The normalized spacial score (nSPS) is 12.6. The molecule has 0 aliphatic rings. The van der Waals surface area contributed by atoms with E-state index in [1.807, 2.05) is 19.4 Å². The maximum Gasteiger partial charge on any atom is 0.126 e. The van der Waals surface area contributed by atoms with Crippen LogP contribution in [0.15, 0.2) is 41.1 Å². The van der Waals surface area contributed by atoms with Gasteiger partial charge in [-0.2, -0.15) is 0 Å². The number of aromatic nitrogens is 2. The second kappa shape index (κ2) is 6.16. The van der Waals surface area contributed by atoms with Crippen molar-refractivity contribution in [1.82, 2.24) is 14.9 Å². The monoisotopic (exact) mass is 307 g/mol. The highest BCUT2D eigenvalue weighted by Crippen LogP contribution is 2.18. The summed E-state index contributed by atoms with van der Waals surface area (Å²) in [5, 5.41) is 3.35. The van der Waals surface area contributed by atoms with Crippen molar-refractivity contribution in [1.29, 1.82) is 0 Å². The standard InChI is InChI=1S/C14H18BrN3/c1-3-18-9-8-17-14(18)13(16-2)10-11-4-6-12(15)7-5-11/h4-9,13,16H,3,10H2,1-2H3. The number of hydrogen-bond acceptors (Lipinski definition) is 2. The van der Waals surface area contributed by atoms with Gasteiger partial charge in [0.1, 0.15) is 5.82 Å². The van der Waals surface area contributed by atoms with E-state index in [1.165, 1.54) is 5.56 Å². The highest BCUT2D eigenvalue weighted by atomic mass is 79.9. The van der Waals surface area contributed by atoms with Crippen molar-refractivity contribution in [2.24, 2.45) is 0 Å². The van der Waals surface area contributed by atoms with Crippen LogP contribution in [-0.2, 0) is 13.0 Å². The van der Waals surface area contributed by atoms with Gasteiger partial charge in [0.05, 0.1) is 6.04 Å². The topological polar surface area (TPSA) is 29.9 Å². The predicted octanol–water partition coefficient (Wildman–Crippen LogP) is 3.17. The Balaban J connectivity index is 2.17. The SMILES string of the molecule is CCn1ccnc1C(Cc1ccc(Br)cc1)NC. The van der Waals surface area contributed by atoms with Gasteiger partial charge >= 0.3 is 0 Å². The average Bonchev–Trinajstić information content (AvgIpc) is 2.86. The van der Waals surface area contributed by atoms with Gasteiger partial charge in [-0.05, 0) is 38.1 Å². The molecule has 18 heavy (non-hydrogen) atoms. The first-order chi connectivity index (χ1) is 8.74. The summed E-state index contributed by atoms with van der Waals surface area (Å²) in [6.07, 6.45) is 4.84. The molecule has 0 bridgehead atoms. The van der Waals surface area contributed by atoms with Gasteiger partial charge in [0, 0.05) is 23.4 Å². The van der Waals surface area contributed by atoms with Crippen molar-refractivity contribution < 1.29 is 0 Å². The zero-order valence-electron chi connectivity index (χ0n) is 10.7. The molecule has 0 fully saturated rings. The van der Waals surface area contributed by atoms with Gasteiger partial charge in [0.15, 0.2) is 0 Å². The number of hydrogen-bond donors (Lipinski definition) is 1. The Morgan fingerprint density at radius 3 is 2.67 bits per heavy atom. The minimum atomic E-state index is 0.251. The lowest BCUT2D eigenvalue weighted by molar-refractivity contribution is 0.523. The van der Waals surface area contributed by atoms with Gasteiger partial charge in [-0.15, -0.1) is 0 Å². The van der Waals surface area contributed by atoms with E-state index in [4.69, 9.17) is 0 Å². The molecule has 0 aliphatic heterocycles. The lowest BCUT2D eigenvalue weighted by atomic mass is 10.1. The van der Waals surface area contributed by atoms with E-state index in [-0.39, 0.29) is 6.04 Å². The first-order valence-corrected chi connectivity index (χ1v) is 6.96. The molecule has 0 radical (unpaired) electrons. The summed E-state index contributed by atoms with van der Waals surface area (Å²) in [7, 11) is 1.98. The van der Waals surface area contributed by atoms with E-state index >= 15 is 0 Å². The Morgan fingerprint density at radius 1 is 1.33 bits per heavy atom. The van der Waals surface area contributed by atoms with Crippen LogP contribution in [0.5, 0.6) is 0 Å². The Kier molecular flexibility index (Phi) is 4.55. The molecule has 0 saturated carbocycles. The van der Waals surface area contributed by atoms with Crippen LogP contribution in [0, 0.1) is 0 Å². The fourth-order valence-electron chi connectivity index (χ4n) is 2.08. The average molecular weight is 308 g/mol. The Labute approximate surface area is 116 Å². The molecule has 1 aromatic carbocycles. The third kappa shape index (κ3) is 3.00. The molecule has 1 aromatic heterocycles. The third-order valence-corrected chi connectivity index (χ3v) is 3.63. The summed E-state index contributed by atoms with van der Waals surface area (Å²) in [5.74, 6) is 1.10. The van der Waals surface area contributed by atoms with Crippen molar-refractivity contribution in [3.8, 4) is 0 Å². The smallest absolute Gasteiger partial charge is 0.126 e. The molecule has 0 spiro atoms. The summed E-state index contributed by atoms with van der Waals surface area (Å²) < 4.78 is 3.29. The first kappa shape index (κ1) is 13.3. The molecule has 1 heterocycles. The first-order valence-electron chi connectivity index (χ1n) is 6.17. The Bertz CT molecular complexity index is 490. The zero-order chi connectivity index (χ0) is 13.0. The Morgan fingerprint density at radius 2 is 2.06 bits per heavy atom. The summed E-state index contributed by atoms with van der Waals surface area (Å²) in [6.45, 7) is 3.09. The fourth-order valence-corrected chi connectivity index (χ4v) is 2.34. The molecule has 96 valence electrons. The van der Waals surface area contributed by atoms with Gasteiger partial charge in [0.2, 0.25) is 0 Å². The van der Waals surface area contributed by atoms with E-state index in [2.05, 4.69) is 62.0 Å². The molecular weight excluding hydrogens is 290 g/mol. The van der Waals surface area contributed by atoms with Crippen molar-refractivity contribution in [3.63, 3.8) is 0 Å². The summed E-state index contributed by atoms with van der Waals surface area (Å²) >= 11 is 3.46. The van der Waals surface area contributed by atoms with Crippen molar-refractivity contribution in [2.45, 2.75) is 25.9 Å². The molecule has 1 unspecified atom stereocenters. The molecule has 2 rings (SSSR count). The fraction of sp³-hybridized carbons (Fsp3) is 0.357. The van der Waals surface area contributed by atoms with Crippen LogP contribution in [0.4, 0.5) is 0 Å². The van der Waals surface area contributed by atoms with Crippen LogP contribution in [0.3, 0.4) is 0 Å². The number of aryl methyl sites for hydroxylation is 1. The largest absolute Gasteiger partial charge is 0.334 e. The number of likely N-dealkylation sites (N-methyl/N-ethyl adjacent to an activating group) is 1. The third-order valence-electron chi connectivity index (χ3n) is 3.10. The van der Waals surface area contributed by atoms with E-state index in [1.54, 1.807) is 0 Å². The molecule has 0 amide bonds. The lowest BCUT2D eigenvalue weighted by Gasteiger charge is -2.17. The van der Waals surface area contributed by atoms with Crippen LogP contribution in [0.1, 0.15) is 24.4 Å². The van der Waals surface area contributed by atoms with Crippen LogP contribution in [0.2, 0.25) is 0 Å². The van der Waals surface area contributed by atoms with Crippen molar-refractivity contribution >= 4 is 15.9 Å². The molecule has 0 aliphatic carbocycles. The van der Waals surface area contributed by atoms with Crippen LogP contribution >= 0.6 is 15.9 Å². The highest BCUT2D eigenvalue weighted by molar-refractivity contribution is 9.10. The highest BCUT2D eigenvalue weighted by Gasteiger charge is 2.15.